The Morgan fingerprint density at radius 2 is 2.12 bits per heavy atom. The molecule has 5 nitrogen and oxygen atoms in total. The van der Waals surface area contributed by atoms with Crippen LogP contribution in [0.3, 0.4) is 0 Å². The number of hydrogen-bond donors (Lipinski definition) is 1. The van der Waals surface area contributed by atoms with Crippen molar-refractivity contribution in [1.82, 2.24) is 15.2 Å². The predicted molar refractivity (Wildman–Crippen MR) is 61.0 cm³/mol. The van der Waals surface area contributed by atoms with Gasteiger partial charge in [0.05, 0.1) is 25.2 Å². The molecule has 82 valence electrons. The van der Waals surface area contributed by atoms with Gasteiger partial charge < -0.3 is 10.5 Å². The summed E-state index contributed by atoms with van der Waals surface area (Å²) in [7, 11) is 1.61. The molecule has 0 aromatic carbocycles. The predicted octanol–water partition coefficient (Wildman–Crippen LogP) is 1.44. The Balaban J connectivity index is 2.57. The van der Waals surface area contributed by atoms with E-state index in [9.17, 15) is 0 Å². The molecule has 0 aliphatic rings. The van der Waals surface area contributed by atoms with Gasteiger partial charge in [-0.2, -0.15) is 10.2 Å². The molecule has 2 N–H and O–H groups in total. The van der Waals surface area contributed by atoms with Gasteiger partial charge in [0.25, 0.3) is 0 Å². The fourth-order valence-electron chi connectivity index (χ4n) is 1.49. The van der Waals surface area contributed by atoms with Gasteiger partial charge in [0.15, 0.2) is 0 Å². The van der Waals surface area contributed by atoms with Crippen LogP contribution in [0.5, 0.6) is 5.75 Å². The maximum absolute atomic E-state index is 5.86. The lowest BCUT2D eigenvalue weighted by Crippen LogP contribution is -1.99. The number of aromatic nitrogens is 3. The summed E-state index contributed by atoms with van der Waals surface area (Å²) in [4.78, 5) is 4.23. The van der Waals surface area contributed by atoms with E-state index in [4.69, 9.17) is 10.5 Å². The van der Waals surface area contributed by atoms with Crippen LogP contribution in [-0.4, -0.2) is 22.3 Å². The van der Waals surface area contributed by atoms with Crippen molar-refractivity contribution in [2.45, 2.75) is 6.92 Å². The molecule has 5 heteroatoms. The molecule has 0 spiro atoms. The Labute approximate surface area is 93.3 Å². The molecule has 0 amide bonds. The third-order valence-electron chi connectivity index (χ3n) is 2.31. The zero-order valence-corrected chi connectivity index (χ0v) is 9.14. The van der Waals surface area contributed by atoms with Crippen molar-refractivity contribution >= 4 is 5.82 Å². The van der Waals surface area contributed by atoms with Gasteiger partial charge in [-0.05, 0) is 19.1 Å². The second kappa shape index (κ2) is 4.14. The molecule has 2 aromatic rings. The molecule has 2 aromatic heterocycles. The van der Waals surface area contributed by atoms with E-state index in [-0.39, 0.29) is 0 Å². The van der Waals surface area contributed by atoms with Crippen molar-refractivity contribution in [3.63, 3.8) is 0 Å². The highest BCUT2D eigenvalue weighted by molar-refractivity contribution is 5.74. The second-order valence-electron chi connectivity index (χ2n) is 3.34. The van der Waals surface area contributed by atoms with E-state index in [1.807, 2.05) is 19.1 Å². The average molecular weight is 216 g/mol. The number of anilines is 1. The summed E-state index contributed by atoms with van der Waals surface area (Å²) in [6.45, 7) is 1.85. The van der Waals surface area contributed by atoms with Crippen molar-refractivity contribution in [2.75, 3.05) is 12.8 Å². The summed E-state index contributed by atoms with van der Waals surface area (Å²) < 4.78 is 5.21. The molecule has 0 aliphatic carbocycles. The normalized spacial score (nSPS) is 10.1. The van der Waals surface area contributed by atoms with E-state index in [0.29, 0.717) is 11.6 Å². The Morgan fingerprint density at radius 3 is 2.75 bits per heavy atom. The molecule has 2 rings (SSSR count). The zero-order valence-electron chi connectivity index (χ0n) is 9.14. The number of nitrogen functional groups attached to an aromatic ring is 1. The van der Waals surface area contributed by atoms with Crippen LogP contribution >= 0.6 is 0 Å². The van der Waals surface area contributed by atoms with E-state index in [2.05, 4.69) is 15.2 Å². The lowest BCUT2D eigenvalue weighted by atomic mass is 10.1. The summed E-state index contributed by atoms with van der Waals surface area (Å²) in [5.41, 5.74) is 8.31. The second-order valence-corrected chi connectivity index (χ2v) is 3.34. The largest absolute Gasteiger partial charge is 0.495 e. The summed E-state index contributed by atoms with van der Waals surface area (Å²) in [6.07, 6.45) is 3.25. The molecule has 0 unspecified atom stereocenters. The summed E-state index contributed by atoms with van der Waals surface area (Å²) >= 11 is 0. The Hall–Kier alpha value is -2.17. The smallest absolute Gasteiger partial charge is 0.140 e. The van der Waals surface area contributed by atoms with Crippen molar-refractivity contribution in [1.29, 1.82) is 0 Å². The standard InChI is InChI=1S/C11H12N4O/c1-7-10(16-2)5-9(11(12)15-7)8-3-4-13-14-6-8/h3-6H,1-2H3,(H2,12,15). The molecule has 2 heterocycles. The summed E-state index contributed by atoms with van der Waals surface area (Å²) in [6, 6.07) is 3.68. The topological polar surface area (TPSA) is 73.9 Å². The molecular weight excluding hydrogens is 204 g/mol. The van der Waals surface area contributed by atoms with E-state index in [1.165, 1.54) is 0 Å². The summed E-state index contributed by atoms with van der Waals surface area (Å²) in [5, 5.41) is 7.52. The van der Waals surface area contributed by atoms with Gasteiger partial charge >= 0.3 is 0 Å². The molecule has 0 atom stereocenters. The van der Waals surface area contributed by atoms with Crippen molar-refractivity contribution < 1.29 is 4.74 Å². The molecular formula is C11H12N4O. The molecule has 0 radical (unpaired) electrons. The maximum Gasteiger partial charge on any atom is 0.140 e. The van der Waals surface area contributed by atoms with Crippen LogP contribution in [0, 0.1) is 6.92 Å². The van der Waals surface area contributed by atoms with Gasteiger partial charge in [0, 0.05) is 11.1 Å². The quantitative estimate of drug-likeness (QED) is 0.822. The Morgan fingerprint density at radius 1 is 1.31 bits per heavy atom. The number of ether oxygens (including phenoxy) is 1. The van der Waals surface area contributed by atoms with E-state index >= 15 is 0 Å². The lowest BCUT2D eigenvalue weighted by Gasteiger charge is -2.09. The SMILES string of the molecule is COc1cc(-c2ccnnc2)c(N)nc1C. The minimum absolute atomic E-state index is 0.464. The van der Waals surface area contributed by atoms with Crippen LogP contribution in [0.4, 0.5) is 5.82 Å². The third-order valence-corrected chi connectivity index (χ3v) is 2.31. The van der Waals surface area contributed by atoms with Gasteiger partial charge in [0.1, 0.15) is 11.6 Å². The highest BCUT2D eigenvalue weighted by Gasteiger charge is 2.09. The van der Waals surface area contributed by atoms with Crippen LogP contribution in [0.25, 0.3) is 11.1 Å². The lowest BCUT2D eigenvalue weighted by molar-refractivity contribution is 0.409. The van der Waals surface area contributed by atoms with Crippen LogP contribution in [-0.2, 0) is 0 Å². The van der Waals surface area contributed by atoms with Crippen molar-refractivity contribution in [3.8, 4) is 16.9 Å². The number of methoxy groups -OCH3 is 1. The average Bonchev–Trinajstić information content (AvgIpc) is 2.30. The van der Waals surface area contributed by atoms with Crippen molar-refractivity contribution in [2.24, 2.45) is 0 Å². The zero-order chi connectivity index (χ0) is 11.5. The minimum Gasteiger partial charge on any atom is -0.495 e. The first-order valence-corrected chi connectivity index (χ1v) is 4.80. The first-order chi connectivity index (χ1) is 7.72. The highest BCUT2D eigenvalue weighted by atomic mass is 16.5. The number of aryl methyl sites for hydroxylation is 1. The molecule has 16 heavy (non-hydrogen) atoms. The number of nitrogens with two attached hydrogens (primary N) is 1. The van der Waals surface area contributed by atoms with E-state index in [1.54, 1.807) is 19.5 Å². The summed E-state index contributed by atoms with van der Waals surface area (Å²) in [5.74, 6) is 1.17. The molecule has 0 saturated carbocycles. The van der Waals surface area contributed by atoms with E-state index < -0.39 is 0 Å². The minimum atomic E-state index is 0.464. The van der Waals surface area contributed by atoms with Crippen LogP contribution < -0.4 is 10.5 Å². The fourth-order valence-corrected chi connectivity index (χ4v) is 1.49. The maximum atomic E-state index is 5.86. The van der Waals surface area contributed by atoms with Crippen LogP contribution in [0.1, 0.15) is 5.69 Å². The van der Waals surface area contributed by atoms with Gasteiger partial charge in [-0.3, -0.25) is 0 Å². The van der Waals surface area contributed by atoms with Gasteiger partial charge in [-0.15, -0.1) is 0 Å². The monoisotopic (exact) mass is 216 g/mol. The Bertz CT molecular complexity index is 499. The van der Waals surface area contributed by atoms with Crippen LogP contribution in [0.15, 0.2) is 24.5 Å². The van der Waals surface area contributed by atoms with Crippen molar-refractivity contribution in [3.05, 3.63) is 30.2 Å². The molecule has 0 fully saturated rings. The number of nitrogens with zero attached hydrogens (tertiary/aromatic N) is 3. The number of hydrogen-bond acceptors (Lipinski definition) is 5. The number of rotatable bonds is 2. The third kappa shape index (κ3) is 1.79. The van der Waals surface area contributed by atoms with Crippen LogP contribution in [0.2, 0.25) is 0 Å². The van der Waals surface area contributed by atoms with Gasteiger partial charge in [-0.25, -0.2) is 4.98 Å². The first kappa shape index (κ1) is 10.4. The molecule has 0 aliphatic heterocycles. The highest BCUT2D eigenvalue weighted by Crippen LogP contribution is 2.29. The number of pyridine rings is 1. The van der Waals surface area contributed by atoms with Gasteiger partial charge in [0.2, 0.25) is 0 Å². The van der Waals surface area contributed by atoms with Gasteiger partial charge in [-0.1, -0.05) is 0 Å². The Kier molecular flexibility index (Phi) is 2.68. The van der Waals surface area contributed by atoms with E-state index in [0.717, 1.165) is 16.8 Å². The first-order valence-electron chi connectivity index (χ1n) is 4.80. The fraction of sp³-hybridized carbons (Fsp3) is 0.182. The molecule has 0 bridgehead atoms. The molecule has 0 saturated heterocycles.